The molecule has 0 radical (unpaired) electrons. The monoisotopic (exact) mass is 913 g/mol. The third-order valence-electron chi connectivity index (χ3n) is 14.5. The quantitative estimate of drug-likeness (QED) is 0.0813. The molecule has 65 heavy (non-hydrogen) atoms. The first-order valence-corrected chi connectivity index (χ1v) is 25.5. The number of carbonyl (C=O) groups excluding carboxylic acids is 1. The average Bonchev–Trinajstić information content (AvgIpc) is 3.86. The molecule has 4 aliphatic rings. The summed E-state index contributed by atoms with van der Waals surface area (Å²) in [7, 11) is -0.793. The summed E-state index contributed by atoms with van der Waals surface area (Å²) >= 11 is 0. The SMILES string of the molecule is COCOc1cc(-c2oc(=O)c3c(N4C[C@H]5CC[C@@H](C4)N5C(=O)OC(C)(C)C)nc(OC[C@@]45CCCN4C[C@H](F)C5)nc3c2C)c2c(C#C[Si](C(C)C)(C(C)C)C(C)C)c(F)ccc2c1. The minimum atomic E-state index is -2.32. The summed E-state index contributed by atoms with van der Waals surface area (Å²) in [5.41, 5.74) is 4.25. The predicted molar refractivity (Wildman–Crippen MR) is 252 cm³/mol. The van der Waals surface area contributed by atoms with Crippen molar-refractivity contribution in [3.8, 4) is 34.5 Å². The third-order valence-corrected chi connectivity index (χ3v) is 20.8. The van der Waals surface area contributed by atoms with Gasteiger partial charge in [-0.25, -0.2) is 18.4 Å². The Morgan fingerprint density at radius 3 is 2.34 bits per heavy atom. The molecular weight excluding hydrogens is 849 g/mol. The smallest absolute Gasteiger partial charge is 0.410 e. The molecule has 4 fully saturated rings. The van der Waals surface area contributed by atoms with Gasteiger partial charge in [0.2, 0.25) is 0 Å². The number of aromatic nitrogens is 2. The molecule has 1 amide bonds. The number of methoxy groups -OCH3 is 1. The van der Waals surface area contributed by atoms with E-state index in [1.165, 1.54) is 13.2 Å². The first-order chi connectivity index (χ1) is 30.8. The van der Waals surface area contributed by atoms with Crippen LogP contribution in [0.5, 0.6) is 11.8 Å². The number of benzene rings is 2. The average molecular weight is 914 g/mol. The van der Waals surface area contributed by atoms with Crippen molar-refractivity contribution in [2.75, 3.05) is 51.6 Å². The van der Waals surface area contributed by atoms with Crippen LogP contribution in [0.15, 0.2) is 33.5 Å². The van der Waals surface area contributed by atoms with Crippen LogP contribution < -0.4 is 20.0 Å². The number of alkyl halides is 1. The lowest BCUT2D eigenvalue weighted by Gasteiger charge is -2.42. The number of nitrogens with zero attached hydrogens (tertiary/aromatic N) is 5. The molecule has 8 rings (SSSR count). The Labute approximate surface area is 382 Å². The van der Waals surface area contributed by atoms with Gasteiger partial charge in [-0.05, 0) is 100 Å². The van der Waals surface area contributed by atoms with Gasteiger partial charge in [0.25, 0.3) is 0 Å². The maximum absolute atomic E-state index is 16.5. The Kier molecular flexibility index (Phi) is 12.8. The van der Waals surface area contributed by atoms with Crippen LogP contribution in [0.3, 0.4) is 0 Å². The topological polar surface area (TPSA) is 120 Å². The molecular formula is C50H65F2N5O7Si. The number of piperazine rings is 1. The zero-order chi connectivity index (χ0) is 46.7. The minimum absolute atomic E-state index is 0.0483. The summed E-state index contributed by atoms with van der Waals surface area (Å²) in [4.78, 5) is 44.2. The molecule has 6 heterocycles. The fourth-order valence-electron chi connectivity index (χ4n) is 11.6. The van der Waals surface area contributed by atoms with E-state index in [9.17, 15) is 14.0 Å². The summed E-state index contributed by atoms with van der Waals surface area (Å²) in [5.74, 6) is 3.82. The van der Waals surface area contributed by atoms with E-state index in [1.54, 1.807) is 12.1 Å². The number of hydrogen-bond acceptors (Lipinski definition) is 11. The molecule has 0 N–H and O–H groups in total. The van der Waals surface area contributed by atoms with Crippen molar-refractivity contribution in [1.82, 2.24) is 19.8 Å². The highest BCUT2D eigenvalue weighted by Gasteiger charge is 2.50. The lowest BCUT2D eigenvalue weighted by atomic mass is 9.95. The number of rotatable bonds is 11. The van der Waals surface area contributed by atoms with Crippen molar-refractivity contribution in [2.45, 2.75) is 147 Å². The van der Waals surface area contributed by atoms with E-state index >= 15 is 4.39 Å². The van der Waals surface area contributed by atoms with Crippen molar-refractivity contribution < 1.29 is 36.9 Å². The maximum Gasteiger partial charge on any atom is 0.410 e. The molecule has 2 bridgehead atoms. The number of ether oxygens (including phenoxy) is 4. The van der Waals surface area contributed by atoms with E-state index in [-0.39, 0.29) is 54.3 Å². The molecule has 15 heteroatoms. The van der Waals surface area contributed by atoms with Crippen molar-refractivity contribution >= 4 is 41.7 Å². The van der Waals surface area contributed by atoms with Gasteiger partial charge in [0, 0.05) is 49.7 Å². The second kappa shape index (κ2) is 17.8. The molecule has 4 aromatic rings. The largest absolute Gasteiger partial charge is 0.468 e. The summed E-state index contributed by atoms with van der Waals surface area (Å²) < 4.78 is 61.4. The van der Waals surface area contributed by atoms with Crippen LogP contribution in [0.2, 0.25) is 16.6 Å². The summed E-state index contributed by atoms with van der Waals surface area (Å²) in [6.07, 6.45) is 2.31. The van der Waals surface area contributed by atoms with Crippen molar-refractivity contribution in [3.05, 3.63) is 51.6 Å². The molecule has 12 nitrogen and oxygen atoms in total. The van der Waals surface area contributed by atoms with E-state index in [1.807, 2.05) is 43.6 Å². The summed E-state index contributed by atoms with van der Waals surface area (Å²) in [5, 5.41) is 1.29. The second-order valence-electron chi connectivity index (χ2n) is 20.6. The van der Waals surface area contributed by atoms with Crippen molar-refractivity contribution in [2.24, 2.45) is 0 Å². The number of anilines is 1. The van der Waals surface area contributed by atoms with Crippen LogP contribution >= 0.6 is 0 Å². The fourth-order valence-corrected chi connectivity index (χ4v) is 16.8. The number of hydrogen-bond donors (Lipinski definition) is 0. The van der Waals surface area contributed by atoms with Gasteiger partial charge in [-0.3, -0.25) is 9.80 Å². The molecule has 2 aromatic carbocycles. The van der Waals surface area contributed by atoms with Gasteiger partial charge in [-0.1, -0.05) is 53.5 Å². The molecule has 350 valence electrons. The number of amides is 1. The molecule has 2 aromatic heterocycles. The highest BCUT2D eigenvalue weighted by atomic mass is 28.3. The van der Waals surface area contributed by atoms with E-state index in [2.05, 4.69) is 57.9 Å². The van der Waals surface area contributed by atoms with Crippen LogP contribution in [0.1, 0.15) is 106 Å². The van der Waals surface area contributed by atoms with E-state index < -0.39 is 36.8 Å². The predicted octanol–water partition coefficient (Wildman–Crippen LogP) is 9.95. The van der Waals surface area contributed by atoms with Gasteiger partial charge >= 0.3 is 17.7 Å². The van der Waals surface area contributed by atoms with Gasteiger partial charge in [-0.15, -0.1) is 5.54 Å². The Balaban J connectivity index is 1.31. The number of fused-ring (bicyclic) bond motifs is 5. The summed E-state index contributed by atoms with van der Waals surface area (Å²) in [6, 6.07) is 6.32. The Hall–Kier alpha value is -4.78. The summed E-state index contributed by atoms with van der Waals surface area (Å²) in [6.45, 7) is 22.8. The third kappa shape index (κ3) is 8.59. The highest BCUT2D eigenvalue weighted by Crippen LogP contribution is 2.44. The normalized spacial score (nSPS) is 22.4. The number of aryl methyl sites for hydroxylation is 1. The molecule has 0 aliphatic carbocycles. The zero-order valence-corrected chi connectivity index (χ0v) is 40.9. The zero-order valence-electron chi connectivity index (χ0n) is 39.9. The van der Waals surface area contributed by atoms with Crippen LogP contribution in [0, 0.1) is 24.2 Å². The Morgan fingerprint density at radius 1 is 1.00 bits per heavy atom. The van der Waals surface area contributed by atoms with Gasteiger partial charge in [0.1, 0.15) is 49.2 Å². The molecule has 4 aliphatic heterocycles. The van der Waals surface area contributed by atoms with E-state index in [0.717, 1.165) is 32.2 Å². The molecule has 0 unspecified atom stereocenters. The molecule has 4 saturated heterocycles. The lowest BCUT2D eigenvalue weighted by molar-refractivity contribution is 0.0122. The molecule has 4 atom stereocenters. The molecule has 0 saturated carbocycles. The minimum Gasteiger partial charge on any atom is -0.468 e. The lowest BCUT2D eigenvalue weighted by Crippen LogP contribution is -2.57. The van der Waals surface area contributed by atoms with Gasteiger partial charge < -0.3 is 28.3 Å². The Morgan fingerprint density at radius 2 is 1.69 bits per heavy atom. The molecule has 0 spiro atoms. The van der Waals surface area contributed by atoms with Crippen LogP contribution in [0.4, 0.5) is 19.4 Å². The van der Waals surface area contributed by atoms with Gasteiger partial charge in [-0.2, -0.15) is 9.97 Å². The van der Waals surface area contributed by atoms with Crippen molar-refractivity contribution in [3.63, 3.8) is 0 Å². The maximum atomic E-state index is 16.5. The van der Waals surface area contributed by atoms with Crippen molar-refractivity contribution in [1.29, 1.82) is 0 Å². The first-order valence-electron chi connectivity index (χ1n) is 23.3. The first kappa shape index (κ1) is 46.7. The fraction of sp³-hybridized carbons (Fsp3) is 0.600. The van der Waals surface area contributed by atoms with E-state index in [0.29, 0.717) is 81.7 Å². The van der Waals surface area contributed by atoms with Crippen LogP contribution in [-0.4, -0.2) is 110 Å². The van der Waals surface area contributed by atoms with Gasteiger partial charge in [0.05, 0.1) is 28.7 Å². The van der Waals surface area contributed by atoms with Gasteiger partial charge in [0.15, 0.2) is 12.6 Å². The standard InChI is InChI=1S/C50H65F2N5O7Si/c1-29(2)65(30(3)4,31(5)6)20-17-38-40(52)16-13-33-21-37(62-28-60-11)22-39(41(33)38)44-32(7)43-42(46(58)63-44)45(54-47(53-43)61-27-50-18-12-19-56(50)24-34(51)23-50)55-25-35-14-15-36(26-55)57(35)48(59)64-49(8,9)10/h13,16,21-22,29-31,34-36H,12,14-15,18-19,23-28H2,1-11H3/t34-,35-,36+,50+/m1/s1. The second-order valence-corrected chi connectivity index (χ2v) is 26.2. The van der Waals surface area contributed by atoms with Crippen LogP contribution in [-0.2, 0) is 9.47 Å². The number of halogens is 2. The van der Waals surface area contributed by atoms with Crippen LogP contribution in [0.25, 0.3) is 33.0 Å². The Bertz CT molecular complexity index is 2570. The number of carbonyl (C=O) groups is 1. The van der Waals surface area contributed by atoms with E-state index in [4.69, 9.17) is 33.3 Å². The highest BCUT2D eigenvalue weighted by molar-refractivity contribution is 6.90.